The molecule has 0 saturated carbocycles. The molecule has 1 saturated heterocycles. The van der Waals surface area contributed by atoms with Crippen LogP contribution in [0.25, 0.3) is 5.32 Å². The molecule has 26 heavy (non-hydrogen) atoms. The van der Waals surface area contributed by atoms with Crippen LogP contribution in [0.3, 0.4) is 0 Å². The Morgan fingerprint density at radius 2 is 2.00 bits per heavy atom. The number of ether oxygens (including phenoxy) is 1. The Morgan fingerprint density at radius 3 is 2.62 bits per heavy atom. The molecule has 0 N–H and O–H groups in total. The predicted octanol–water partition coefficient (Wildman–Crippen LogP) is 0.279. The summed E-state index contributed by atoms with van der Waals surface area (Å²) in [5, 5.41) is 2.63. The van der Waals surface area contributed by atoms with Gasteiger partial charge in [0.15, 0.2) is 0 Å². The number of carbonyl (C=O) groups is 2. The molecular formula is C18H18KN3O3S. The number of imide groups is 1. The Morgan fingerprint density at radius 1 is 1.23 bits per heavy atom. The molecule has 1 unspecified atom stereocenters. The number of thioether (sulfide) groups is 1. The quantitative estimate of drug-likeness (QED) is 0.627. The second-order valence-corrected chi connectivity index (χ2v) is 6.81. The van der Waals surface area contributed by atoms with E-state index in [9.17, 15) is 9.59 Å². The van der Waals surface area contributed by atoms with Crippen LogP contribution in [-0.2, 0) is 11.2 Å². The first-order valence-corrected chi connectivity index (χ1v) is 8.79. The topological polar surface area (TPSA) is 73.6 Å². The van der Waals surface area contributed by atoms with E-state index in [1.54, 1.807) is 6.20 Å². The fourth-order valence-electron chi connectivity index (χ4n) is 2.43. The number of hydrogen-bond donors (Lipinski definition) is 0. The number of likely N-dealkylation sites (N-methyl/N-ethyl adjacent to an activating group) is 1. The van der Waals surface area contributed by atoms with Crippen LogP contribution in [0, 0.1) is 0 Å². The van der Waals surface area contributed by atoms with Gasteiger partial charge >= 0.3 is 51.4 Å². The van der Waals surface area contributed by atoms with Gasteiger partial charge in [0.05, 0.1) is 29.6 Å². The number of aromatic nitrogens is 1. The molecule has 1 aromatic carbocycles. The SMILES string of the molecule is CN(CCOc1ccc(CC2SC(=O)[N-]C2=O)cc1)c1cccnc1.[K+]. The van der Waals surface area contributed by atoms with Crippen molar-refractivity contribution < 1.29 is 65.7 Å². The first-order valence-electron chi connectivity index (χ1n) is 7.91. The van der Waals surface area contributed by atoms with Crippen LogP contribution in [0.15, 0.2) is 48.8 Å². The summed E-state index contributed by atoms with van der Waals surface area (Å²) in [6, 6.07) is 11.5. The monoisotopic (exact) mass is 395 g/mol. The van der Waals surface area contributed by atoms with Crippen LogP contribution in [0.5, 0.6) is 5.75 Å². The standard InChI is InChI=1S/C18H19N3O3S.K/c1-21(14-3-2-8-19-12-14)9-10-24-15-6-4-13(5-7-15)11-16-17(22)20-18(23)25-16;/h2-8,12,16H,9-11H2,1H3,(H,20,22,23);/q;+1/p-1. The summed E-state index contributed by atoms with van der Waals surface area (Å²) >= 11 is 0.991. The van der Waals surface area contributed by atoms with Gasteiger partial charge in [0.2, 0.25) is 0 Å². The maximum absolute atomic E-state index is 11.5. The van der Waals surface area contributed by atoms with E-state index in [1.807, 2.05) is 49.6 Å². The molecule has 130 valence electrons. The molecule has 1 fully saturated rings. The van der Waals surface area contributed by atoms with E-state index in [0.29, 0.717) is 13.0 Å². The number of carbonyl (C=O) groups excluding carboxylic acids is 2. The molecule has 0 bridgehead atoms. The molecule has 6 nitrogen and oxygen atoms in total. The molecule has 0 radical (unpaired) electrons. The third-order valence-corrected chi connectivity index (χ3v) is 4.79. The minimum Gasteiger partial charge on any atom is -0.585 e. The van der Waals surface area contributed by atoms with Crippen LogP contribution < -0.4 is 61.0 Å². The minimum absolute atomic E-state index is 0. The van der Waals surface area contributed by atoms with Gasteiger partial charge in [-0.3, -0.25) is 4.98 Å². The van der Waals surface area contributed by atoms with Crippen LogP contribution in [0.2, 0.25) is 0 Å². The van der Waals surface area contributed by atoms with Gasteiger partial charge in [0.25, 0.3) is 0 Å². The fourth-order valence-corrected chi connectivity index (χ4v) is 3.25. The van der Waals surface area contributed by atoms with Gasteiger partial charge in [-0.15, -0.1) is 0 Å². The van der Waals surface area contributed by atoms with Gasteiger partial charge in [0.1, 0.15) is 17.6 Å². The molecular weight excluding hydrogens is 377 g/mol. The van der Waals surface area contributed by atoms with Crippen molar-refractivity contribution in [2.45, 2.75) is 11.7 Å². The van der Waals surface area contributed by atoms with Gasteiger partial charge in [-0.25, -0.2) is 0 Å². The zero-order chi connectivity index (χ0) is 17.6. The Bertz CT molecular complexity index is 743. The third kappa shape index (κ3) is 6.07. The van der Waals surface area contributed by atoms with E-state index in [4.69, 9.17) is 4.74 Å². The summed E-state index contributed by atoms with van der Waals surface area (Å²) in [6.07, 6.45) is 4.06. The Balaban J connectivity index is 0.00000243. The van der Waals surface area contributed by atoms with E-state index in [1.165, 1.54) is 0 Å². The van der Waals surface area contributed by atoms with Crippen molar-refractivity contribution in [1.82, 2.24) is 4.98 Å². The van der Waals surface area contributed by atoms with Crippen LogP contribution >= 0.6 is 11.8 Å². The van der Waals surface area contributed by atoms with Crippen molar-refractivity contribution >= 4 is 28.6 Å². The third-order valence-electron chi connectivity index (χ3n) is 3.85. The van der Waals surface area contributed by atoms with E-state index in [-0.39, 0.29) is 57.3 Å². The zero-order valence-electron chi connectivity index (χ0n) is 14.8. The molecule has 2 heterocycles. The van der Waals surface area contributed by atoms with Gasteiger partial charge in [-0.05, 0) is 36.2 Å². The fraction of sp³-hybridized carbons (Fsp3) is 0.278. The molecule has 1 aromatic heterocycles. The number of benzene rings is 1. The summed E-state index contributed by atoms with van der Waals surface area (Å²) in [5.74, 6) is 0.434. The molecule has 8 heteroatoms. The number of pyridine rings is 1. The van der Waals surface area contributed by atoms with Gasteiger partial charge in [0, 0.05) is 13.2 Å². The maximum atomic E-state index is 11.5. The Hall–Kier alpha value is -0.904. The molecule has 3 rings (SSSR count). The van der Waals surface area contributed by atoms with Gasteiger partial charge < -0.3 is 24.5 Å². The van der Waals surface area contributed by atoms with Gasteiger partial charge in [-0.2, -0.15) is 0 Å². The number of anilines is 1. The van der Waals surface area contributed by atoms with Crippen molar-refractivity contribution in [3.63, 3.8) is 0 Å². The van der Waals surface area contributed by atoms with E-state index in [2.05, 4.69) is 15.2 Å². The molecule has 1 aliphatic rings. The first kappa shape index (κ1) is 21.4. The zero-order valence-corrected chi connectivity index (χ0v) is 18.7. The molecule has 0 spiro atoms. The van der Waals surface area contributed by atoms with E-state index in [0.717, 1.165) is 35.3 Å². The van der Waals surface area contributed by atoms with E-state index < -0.39 is 10.5 Å². The summed E-state index contributed by atoms with van der Waals surface area (Å²) < 4.78 is 5.75. The number of nitrogens with zero attached hydrogens (tertiary/aromatic N) is 3. The predicted molar refractivity (Wildman–Crippen MR) is 98.3 cm³/mol. The second kappa shape index (κ2) is 10.4. The first-order chi connectivity index (χ1) is 12.1. The second-order valence-electron chi connectivity index (χ2n) is 5.65. The molecule has 2 aromatic rings. The number of hydrogen-bond acceptors (Lipinski definition) is 6. The molecule has 2 amide bonds. The normalized spacial score (nSPS) is 16.0. The summed E-state index contributed by atoms with van der Waals surface area (Å²) in [5.41, 5.74) is 2.02. The van der Waals surface area contributed by atoms with Crippen molar-refractivity contribution in [3.8, 4) is 5.75 Å². The van der Waals surface area contributed by atoms with Crippen LogP contribution in [0.4, 0.5) is 10.5 Å². The van der Waals surface area contributed by atoms with Gasteiger partial charge in [-0.1, -0.05) is 23.9 Å². The van der Waals surface area contributed by atoms with Crippen molar-refractivity contribution in [2.24, 2.45) is 0 Å². The van der Waals surface area contributed by atoms with Crippen LogP contribution in [0.1, 0.15) is 5.56 Å². The summed E-state index contributed by atoms with van der Waals surface area (Å²) in [6.45, 7) is 1.29. The Kier molecular flexibility index (Phi) is 8.59. The summed E-state index contributed by atoms with van der Waals surface area (Å²) in [4.78, 5) is 28.8. The molecule has 1 atom stereocenters. The number of rotatable bonds is 7. The van der Waals surface area contributed by atoms with E-state index >= 15 is 0 Å². The average Bonchev–Trinajstić information content (AvgIpc) is 2.94. The summed E-state index contributed by atoms with van der Waals surface area (Å²) in [7, 11) is 1.99. The smallest absolute Gasteiger partial charge is 0.585 e. The van der Waals surface area contributed by atoms with Crippen LogP contribution in [-0.4, -0.2) is 41.6 Å². The average molecular weight is 396 g/mol. The van der Waals surface area contributed by atoms with Crippen molar-refractivity contribution in [3.05, 3.63) is 59.7 Å². The van der Waals surface area contributed by atoms with Crippen molar-refractivity contribution in [2.75, 3.05) is 25.1 Å². The molecule has 0 aliphatic carbocycles. The Labute approximate surface area is 199 Å². The largest absolute Gasteiger partial charge is 1.00 e. The van der Waals surface area contributed by atoms with Crippen molar-refractivity contribution in [1.29, 1.82) is 0 Å². The maximum Gasteiger partial charge on any atom is 1.00 e. The molecule has 1 aliphatic heterocycles. The minimum atomic E-state index is -0.396. The number of amides is 2.